The maximum Gasteiger partial charge on any atom is 0.311 e. The van der Waals surface area contributed by atoms with E-state index in [1.165, 1.54) is 0 Å². The molecule has 4 heteroatoms. The lowest BCUT2D eigenvalue weighted by atomic mass is 9.85. The summed E-state index contributed by atoms with van der Waals surface area (Å²) in [7, 11) is 1.55. The van der Waals surface area contributed by atoms with Gasteiger partial charge in [-0.1, -0.05) is 30.5 Å². The number of aliphatic carboxylic acids is 1. The second-order valence-electron chi connectivity index (χ2n) is 4.75. The first kappa shape index (κ1) is 13.2. The van der Waals surface area contributed by atoms with Gasteiger partial charge in [0.15, 0.2) is 0 Å². The first-order valence-corrected chi connectivity index (χ1v) is 6.57. The zero-order chi connectivity index (χ0) is 13.1. The van der Waals surface area contributed by atoms with Crippen molar-refractivity contribution in [2.24, 2.45) is 5.92 Å². The molecule has 1 aromatic rings. The van der Waals surface area contributed by atoms with E-state index >= 15 is 0 Å². The van der Waals surface area contributed by atoms with E-state index in [0.29, 0.717) is 10.8 Å². The molecule has 18 heavy (non-hydrogen) atoms. The van der Waals surface area contributed by atoms with Crippen molar-refractivity contribution in [2.45, 2.75) is 31.6 Å². The molecule has 1 aromatic carbocycles. The Bertz CT molecular complexity index is 439. The summed E-state index contributed by atoms with van der Waals surface area (Å²) in [6.45, 7) is 0. The van der Waals surface area contributed by atoms with Gasteiger partial charge in [0.05, 0.1) is 18.1 Å². The fraction of sp³-hybridized carbons (Fsp3) is 0.500. The Balaban J connectivity index is 2.30. The number of ether oxygens (including phenoxy) is 1. The number of halogens is 1. The Morgan fingerprint density at radius 1 is 1.44 bits per heavy atom. The lowest BCUT2D eigenvalue weighted by Gasteiger charge is -2.20. The number of hydrogen-bond acceptors (Lipinski definition) is 2. The van der Waals surface area contributed by atoms with Crippen LogP contribution in [0.1, 0.15) is 37.2 Å². The van der Waals surface area contributed by atoms with Gasteiger partial charge < -0.3 is 9.84 Å². The number of carboxylic acids is 1. The van der Waals surface area contributed by atoms with Crippen molar-refractivity contribution in [3.63, 3.8) is 0 Å². The molecule has 1 aliphatic rings. The van der Waals surface area contributed by atoms with Crippen LogP contribution in [0.15, 0.2) is 18.2 Å². The third-order valence-electron chi connectivity index (χ3n) is 3.67. The Hall–Kier alpha value is -1.22. The van der Waals surface area contributed by atoms with Crippen molar-refractivity contribution in [3.8, 4) is 5.75 Å². The van der Waals surface area contributed by atoms with E-state index in [9.17, 15) is 9.90 Å². The van der Waals surface area contributed by atoms with Gasteiger partial charge in [-0.05, 0) is 36.5 Å². The zero-order valence-corrected chi connectivity index (χ0v) is 11.1. The standard InChI is InChI=1S/C14H17ClO3/c1-18-12-7-6-10(8-11(12)15)13(14(16)17)9-4-2-3-5-9/h6-9,13H,2-5H2,1H3,(H,16,17). The van der Waals surface area contributed by atoms with Gasteiger partial charge in [-0.25, -0.2) is 0 Å². The molecule has 0 saturated heterocycles. The third-order valence-corrected chi connectivity index (χ3v) is 3.97. The highest BCUT2D eigenvalue weighted by Crippen LogP contribution is 2.39. The van der Waals surface area contributed by atoms with Crippen LogP contribution < -0.4 is 4.74 Å². The summed E-state index contributed by atoms with van der Waals surface area (Å²) in [6, 6.07) is 5.27. The van der Waals surface area contributed by atoms with E-state index in [0.717, 1.165) is 31.2 Å². The topological polar surface area (TPSA) is 46.5 Å². The summed E-state index contributed by atoms with van der Waals surface area (Å²) >= 11 is 6.07. The minimum Gasteiger partial charge on any atom is -0.495 e. The number of hydrogen-bond donors (Lipinski definition) is 1. The smallest absolute Gasteiger partial charge is 0.311 e. The number of carboxylic acid groups (broad SMARTS) is 1. The van der Waals surface area contributed by atoms with Gasteiger partial charge in [0.1, 0.15) is 5.75 Å². The zero-order valence-electron chi connectivity index (χ0n) is 10.4. The average Bonchev–Trinajstić information content (AvgIpc) is 2.82. The Morgan fingerprint density at radius 2 is 2.11 bits per heavy atom. The fourth-order valence-electron chi connectivity index (χ4n) is 2.78. The lowest BCUT2D eigenvalue weighted by Crippen LogP contribution is -2.19. The molecule has 0 bridgehead atoms. The molecule has 0 spiro atoms. The van der Waals surface area contributed by atoms with Crippen LogP contribution in [0.3, 0.4) is 0 Å². The van der Waals surface area contributed by atoms with Crippen LogP contribution in [-0.4, -0.2) is 18.2 Å². The number of carbonyl (C=O) groups is 1. The van der Waals surface area contributed by atoms with E-state index in [-0.39, 0.29) is 5.92 Å². The molecule has 0 heterocycles. The highest BCUT2D eigenvalue weighted by Gasteiger charge is 2.32. The van der Waals surface area contributed by atoms with Gasteiger partial charge in [-0.15, -0.1) is 0 Å². The van der Waals surface area contributed by atoms with E-state index in [2.05, 4.69) is 0 Å². The highest BCUT2D eigenvalue weighted by atomic mass is 35.5. The van der Waals surface area contributed by atoms with Gasteiger partial charge in [-0.3, -0.25) is 4.79 Å². The van der Waals surface area contributed by atoms with Gasteiger partial charge in [0.25, 0.3) is 0 Å². The number of rotatable bonds is 4. The SMILES string of the molecule is COc1ccc(C(C(=O)O)C2CCCC2)cc1Cl. The molecule has 2 rings (SSSR count). The lowest BCUT2D eigenvalue weighted by molar-refractivity contribution is -0.140. The fourth-order valence-corrected chi connectivity index (χ4v) is 3.05. The summed E-state index contributed by atoms with van der Waals surface area (Å²) in [5.41, 5.74) is 0.778. The molecule has 1 saturated carbocycles. The van der Waals surface area contributed by atoms with Crippen molar-refractivity contribution in [2.75, 3.05) is 7.11 Å². The Kier molecular flexibility index (Phi) is 4.12. The summed E-state index contributed by atoms with van der Waals surface area (Å²) in [6.07, 6.45) is 4.22. The number of methoxy groups -OCH3 is 1. The monoisotopic (exact) mass is 268 g/mol. The van der Waals surface area contributed by atoms with Crippen LogP contribution in [0.25, 0.3) is 0 Å². The molecule has 1 fully saturated rings. The summed E-state index contributed by atoms with van der Waals surface area (Å²) in [4.78, 5) is 11.5. The van der Waals surface area contributed by atoms with Gasteiger partial charge >= 0.3 is 5.97 Å². The maximum absolute atomic E-state index is 11.5. The van der Waals surface area contributed by atoms with Crippen molar-refractivity contribution < 1.29 is 14.6 Å². The van der Waals surface area contributed by atoms with Gasteiger partial charge in [0, 0.05) is 0 Å². The molecule has 1 aliphatic carbocycles. The molecule has 0 aliphatic heterocycles. The largest absolute Gasteiger partial charge is 0.495 e. The summed E-state index contributed by atoms with van der Waals surface area (Å²) in [5, 5.41) is 9.90. The van der Waals surface area contributed by atoms with E-state index in [4.69, 9.17) is 16.3 Å². The van der Waals surface area contributed by atoms with Crippen LogP contribution in [-0.2, 0) is 4.79 Å². The molecule has 98 valence electrons. The van der Waals surface area contributed by atoms with Crippen LogP contribution in [0.2, 0.25) is 5.02 Å². The maximum atomic E-state index is 11.5. The van der Waals surface area contributed by atoms with Crippen LogP contribution >= 0.6 is 11.6 Å². The second kappa shape index (κ2) is 5.61. The van der Waals surface area contributed by atoms with Crippen LogP contribution in [0.5, 0.6) is 5.75 Å². The van der Waals surface area contributed by atoms with E-state index in [1.54, 1.807) is 19.2 Å². The summed E-state index contributed by atoms with van der Waals surface area (Å²) < 4.78 is 5.09. The molecule has 0 radical (unpaired) electrons. The molecule has 0 aromatic heterocycles. The van der Waals surface area contributed by atoms with Crippen LogP contribution in [0.4, 0.5) is 0 Å². The minimum atomic E-state index is -0.761. The van der Waals surface area contributed by atoms with Crippen molar-refractivity contribution in [1.82, 2.24) is 0 Å². The number of benzene rings is 1. The first-order chi connectivity index (χ1) is 8.63. The Morgan fingerprint density at radius 3 is 2.61 bits per heavy atom. The minimum absolute atomic E-state index is 0.229. The van der Waals surface area contributed by atoms with Gasteiger partial charge in [-0.2, -0.15) is 0 Å². The van der Waals surface area contributed by atoms with Crippen molar-refractivity contribution >= 4 is 17.6 Å². The predicted molar refractivity (Wildman–Crippen MR) is 70.3 cm³/mol. The van der Waals surface area contributed by atoms with Crippen LogP contribution in [0, 0.1) is 5.92 Å². The van der Waals surface area contributed by atoms with E-state index < -0.39 is 11.9 Å². The van der Waals surface area contributed by atoms with Gasteiger partial charge in [0.2, 0.25) is 0 Å². The predicted octanol–water partition coefficient (Wildman–Crippen LogP) is 3.71. The first-order valence-electron chi connectivity index (χ1n) is 6.19. The molecule has 1 unspecified atom stereocenters. The van der Waals surface area contributed by atoms with Crippen molar-refractivity contribution in [3.05, 3.63) is 28.8 Å². The van der Waals surface area contributed by atoms with E-state index in [1.807, 2.05) is 6.07 Å². The summed E-state index contributed by atoms with van der Waals surface area (Å²) in [5.74, 6) is -0.401. The molecule has 1 N–H and O–H groups in total. The normalized spacial score (nSPS) is 17.7. The average molecular weight is 269 g/mol. The quantitative estimate of drug-likeness (QED) is 0.906. The second-order valence-corrected chi connectivity index (χ2v) is 5.16. The Labute approximate surface area is 112 Å². The molecule has 1 atom stereocenters. The van der Waals surface area contributed by atoms with Crippen molar-refractivity contribution in [1.29, 1.82) is 0 Å². The third kappa shape index (κ3) is 2.61. The molecule has 3 nitrogen and oxygen atoms in total. The highest BCUT2D eigenvalue weighted by molar-refractivity contribution is 6.32. The molecular weight excluding hydrogens is 252 g/mol. The molecular formula is C14H17ClO3. The molecule has 0 amide bonds.